The first kappa shape index (κ1) is 27.1. The molecule has 0 saturated carbocycles. The van der Waals surface area contributed by atoms with Gasteiger partial charge in [0.05, 0.1) is 40.3 Å². The molecule has 0 aliphatic heterocycles. The lowest BCUT2D eigenvalue weighted by atomic mass is 10.2. The third kappa shape index (κ3) is 6.31. The van der Waals surface area contributed by atoms with Gasteiger partial charge < -0.3 is 20.3 Å². The van der Waals surface area contributed by atoms with Crippen LogP contribution in [0.5, 0.6) is 5.75 Å². The molecule has 10 nitrogen and oxygen atoms in total. The van der Waals surface area contributed by atoms with Crippen LogP contribution in [-0.4, -0.2) is 56.9 Å². The van der Waals surface area contributed by atoms with Crippen LogP contribution < -0.4 is 20.1 Å². The minimum absolute atomic E-state index is 0.0265. The van der Waals surface area contributed by atoms with Crippen molar-refractivity contribution < 1.29 is 17.9 Å². The molecule has 0 unspecified atom stereocenters. The number of likely N-dealkylation sites (N-methyl/N-ethyl adjacent to an activating group) is 1. The van der Waals surface area contributed by atoms with Crippen LogP contribution in [0.1, 0.15) is 5.56 Å². The summed E-state index contributed by atoms with van der Waals surface area (Å²) in [5.41, 5.74) is 2.62. The standard InChI is InChI=1S/C26H27ClN6O4S/c1-16-9-11-18(14-22(16)28-24(34)15-33(2)3)38(35,36)32-26-25(29-20-7-5-6-8-21(20)30-26)31-23-13-17(37-4)10-12-19(23)27/h5-14H,15H2,1-4H3,(H,28,34)(H,29,31)(H,30,32). The molecule has 0 radical (unpaired) electrons. The number of ether oxygens (including phenoxy) is 1. The van der Waals surface area contributed by atoms with Crippen molar-refractivity contribution in [2.75, 3.05) is 43.1 Å². The Kier molecular flexibility index (Phi) is 8.00. The first-order valence-electron chi connectivity index (χ1n) is 11.5. The van der Waals surface area contributed by atoms with E-state index in [1.54, 1.807) is 68.4 Å². The van der Waals surface area contributed by atoms with Crippen LogP contribution in [-0.2, 0) is 14.8 Å². The molecule has 198 valence electrons. The number of aryl methyl sites for hydroxylation is 1. The van der Waals surface area contributed by atoms with Crippen molar-refractivity contribution in [3.05, 3.63) is 71.2 Å². The summed E-state index contributed by atoms with van der Waals surface area (Å²) in [7, 11) is 0.939. The summed E-state index contributed by atoms with van der Waals surface area (Å²) in [6, 6.07) is 16.6. The number of nitrogens with zero attached hydrogens (tertiary/aromatic N) is 3. The fourth-order valence-corrected chi connectivity index (χ4v) is 4.78. The smallest absolute Gasteiger partial charge is 0.263 e. The van der Waals surface area contributed by atoms with Crippen LogP contribution in [0.2, 0.25) is 5.02 Å². The van der Waals surface area contributed by atoms with Gasteiger partial charge in [-0.25, -0.2) is 18.4 Å². The molecule has 0 aliphatic rings. The Bertz CT molecular complexity index is 1610. The molecule has 38 heavy (non-hydrogen) atoms. The Labute approximate surface area is 226 Å². The van der Waals surface area contributed by atoms with E-state index in [1.165, 1.54) is 19.2 Å². The summed E-state index contributed by atoms with van der Waals surface area (Å²) in [6.45, 7) is 1.94. The lowest BCUT2D eigenvalue weighted by Gasteiger charge is -2.16. The van der Waals surface area contributed by atoms with Gasteiger partial charge in [-0.1, -0.05) is 29.8 Å². The topological polar surface area (TPSA) is 126 Å². The third-order valence-electron chi connectivity index (χ3n) is 5.48. The number of methoxy groups -OCH3 is 1. The maximum absolute atomic E-state index is 13.5. The fraction of sp³-hybridized carbons (Fsp3) is 0.192. The molecule has 4 rings (SSSR count). The largest absolute Gasteiger partial charge is 0.497 e. The van der Waals surface area contributed by atoms with Gasteiger partial charge in [-0.05, 0) is 63.0 Å². The monoisotopic (exact) mass is 554 g/mol. The number of halogens is 1. The number of amides is 1. The summed E-state index contributed by atoms with van der Waals surface area (Å²) in [5, 5.41) is 6.22. The lowest BCUT2D eigenvalue weighted by molar-refractivity contribution is -0.116. The SMILES string of the molecule is COc1ccc(Cl)c(Nc2nc3ccccc3nc2NS(=O)(=O)c2ccc(C)c(NC(=O)CN(C)C)c2)c1. The summed E-state index contributed by atoms with van der Waals surface area (Å²) in [6.07, 6.45) is 0. The maximum atomic E-state index is 13.5. The highest BCUT2D eigenvalue weighted by Gasteiger charge is 2.21. The minimum atomic E-state index is -4.13. The van der Waals surface area contributed by atoms with Gasteiger partial charge in [-0.2, -0.15) is 0 Å². The Morgan fingerprint density at radius 3 is 2.32 bits per heavy atom. The average molecular weight is 555 g/mol. The number of hydrogen-bond acceptors (Lipinski definition) is 8. The van der Waals surface area contributed by atoms with E-state index in [2.05, 4.69) is 25.3 Å². The van der Waals surface area contributed by atoms with Crippen LogP contribution in [0.25, 0.3) is 11.0 Å². The van der Waals surface area contributed by atoms with Crippen LogP contribution >= 0.6 is 11.6 Å². The first-order chi connectivity index (χ1) is 18.1. The van der Waals surface area contributed by atoms with Crippen molar-refractivity contribution >= 4 is 61.6 Å². The van der Waals surface area contributed by atoms with Crippen molar-refractivity contribution in [1.29, 1.82) is 0 Å². The van der Waals surface area contributed by atoms with E-state index in [0.717, 1.165) is 5.56 Å². The summed E-state index contributed by atoms with van der Waals surface area (Å²) >= 11 is 6.37. The number of carbonyl (C=O) groups excluding carboxylic acids is 1. The molecule has 3 N–H and O–H groups in total. The van der Waals surface area contributed by atoms with Crippen LogP contribution in [0.3, 0.4) is 0 Å². The molecule has 12 heteroatoms. The number of benzene rings is 3. The predicted molar refractivity (Wildman–Crippen MR) is 150 cm³/mol. The molecule has 0 fully saturated rings. The molecule has 1 heterocycles. The van der Waals surface area contributed by atoms with Gasteiger partial charge >= 0.3 is 0 Å². The van der Waals surface area contributed by atoms with E-state index in [4.69, 9.17) is 16.3 Å². The first-order valence-corrected chi connectivity index (χ1v) is 13.4. The highest BCUT2D eigenvalue weighted by molar-refractivity contribution is 7.92. The van der Waals surface area contributed by atoms with Gasteiger partial charge in [0.25, 0.3) is 10.0 Å². The van der Waals surface area contributed by atoms with Gasteiger partial charge in [0.1, 0.15) is 5.75 Å². The minimum Gasteiger partial charge on any atom is -0.497 e. The van der Waals surface area contributed by atoms with Crippen molar-refractivity contribution in [3.63, 3.8) is 0 Å². The lowest BCUT2D eigenvalue weighted by Crippen LogP contribution is -2.27. The van der Waals surface area contributed by atoms with E-state index >= 15 is 0 Å². The number of sulfonamides is 1. The number of fused-ring (bicyclic) bond motifs is 1. The number of nitrogens with one attached hydrogen (secondary N) is 3. The molecule has 0 bridgehead atoms. The van der Waals surface area contributed by atoms with Crippen LogP contribution in [0.4, 0.5) is 23.0 Å². The van der Waals surface area contributed by atoms with Gasteiger partial charge in [0.15, 0.2) is 11.6 Å². The number of para-hydroxylation sites is 2. The van der Waals surface area contributed by atoms with Crippen molar-refractivity contribution in [2.45, 2.75) is 11.8 Å². The van der Waals surface area contributed by atoms with Crippen molar-refractivity contribution in [1.82, 2.24) is 14.9 Å². The van der Waals surface area contributed by atoms with E-state index < -0.39 is 10.0 Å². The molecule has 4 aromatic rings. The third-order valence-corrected chi connectivity index (χ3v) is 7.15. The zero-order chi connectivity index (χ0) is 27.4. The van der Waals surface area contributed by atoms with Gasteiger partial charge in [-0.3, -0.25) is 9.52 Å². The van der Waals surface area contributed by atoms with E-state index in [1.807, 2.05) is 6.07 Å². The molecule has 0 aliphatic carbocycles. The highest BCUT2D eigenvalue weighted by atomic mass is 35.5. The van der Waals surface area contributed by atoms with Gasteiger partial charge in [0, 0.05) is 11.8 Å². The van der Waals surface area contributed by atoms with Crippen LogP contribution in [0, 0.1) is 6.92 Å². The summed E-state index contributed by atoms with van der Waals surface area (Å²) in [5.74, 6) is 0.411. The molecule has 0 atom stereocenters. The van der Waals surface area contributed by atoms with E-state index in [0.29, 0.717) is 33.2 Å². The normalized spacial score (nSPS) is 11.4. The molecule has 3 aromatic carbocycles. The Hall–Kier alpha value is -3.93. The quantitative estimate of drug-likeness (QED) is 0.273. The van der Waals surface area contributed by atoms with Crippen LogP contribution in [0.15, 0.2) is 65.6 Å². The zero-order valence-electron chi connectivity index (χ0n) is 21.2. The number of aromatic nitrogens is 2. The predicted octanol–water partition coefficient (Wildman–Crippen LogP) is 4.64. The molecule has 1 aromatic heterocycles. The molecular weight excluding hydrogens is 528 g/mol. The van der Waals surface area contributed by atoms with E-state index in [-0.39, 0.29) is 29.0 Å². The molecular formula is C26H27ClN6O4S. The van der Waals surface area contributed by atoms with Crippen molar-refractivity contribution in [2.24, 2.45) is 0 Å². The van der Waals surface area contributed by atoms with Gasteiger partial charge in [0.2, 0.25) is 5.91 Å². The fourth-order valence-electron chi connectivity index (χ4n) is 3.58. The number of carbonyl (C=O) groups is 1. The Morgan fingerprint density at radius 1 is 0.974 bits per heavy atom. The summed E-state index contributed by atoms with van der Waals surface area (Å²) < 4.78 is 34.7. The second-order valence-corrected chi connectivity index (χ2v) is 10.8. The number of hydrogen-bond donors (Lipinski definition) is 3. The molecule has 0 saturated heterocycles. The average Bonchev–Trinajstić information content (AvgIpc) is 2.86. The molecule has 0 spiro atoms. The zero-order valence-corrected chi connectivity index (χ0v) is 22.8. The second kappa shape index (κ2) is 11.2. The van der Waals surface area contributed by atoms with Gasteiger partial charge in [-0.15, -0.1) is 0 Å². The summed E-state index contributed by atoms with van der Waals surface area (Å²) in [4.78, 5) is 23.0. The number of anilines is 4. The molecule has 1 amide bonds. The Balaban J connectivity index is 1.72. The maximum Gasteiger partial charge on any atom is 0.263 e. The second-order valence-electron chi connectivity index (χ2n) is 8.75. The Morgan fingerprint density at radius 2 is 1.66 bits per heavy atom. The van der Waals surface area contributed by atoms with E-state index in [9.17, 15) is 13.2 Å². The number of rotatable bonds is 9. The highest BCUT2D eigenvalue weighted by Crippen LogP contribution is 2.33. The van der Waals surface area contributed by atoms with Crippen molar-refractivity contribution in [3.8, 4) is 5.75 Å².